The Morgan fingerprint density at radius 1 is 1.58 bits per heavy atom. The van der Waals surface area contributed by atoms with Crippen LogP contribution in [0.2, 0.25) is 0 Å². The Balaban J connectivity index is 2.60. The molecule has 0 aromatic carbocycles. The first kappa shape index (κ1) is 8.54. The Kier molecular flexibility index (Phi) is 3.09. The van der Waals surface area contributed by atoms with E-state index in [0.717, 1.165) is 18.7 Å². The maximum atomic E-state index is 8.47. The van der Waals surface area contributed by atoms with Gasteiger partial charge in [-0.2, -0.15) is 5.26 Å². The molecule has 0 aliphatic rings. The number of hydrogen-bond acceptors (Lipinski definition) is 3. The van der Waals surface area contributed by atoms with Crippen molar-refractivity contribution in [3.8, 4) is 6.07 Å². The molecule has 0 amide bonds. The Bertz CT molecular complexity index is 271. The number of pyridine rings is 1. The molecule has 0 fully saturated rings. The molecule has 1 rings (SSSR count). The summed E-state index contributed by atoms with van der Waals surface area (Å²) in [4.78, 5) is 3.93. The molecular weight excluding hydrogens is 150 g/mol. The van der Waals surface area contributed by atoms with Crippen molar-refractivity contribution in [2.24, 2.45) is 0 Å². The molecule has 0 saturated heterocycles. The largest absolute Gasteiger partial charge is 0.384 e. The van der Waals surface area contributed by atoms with Crippen LogP contribution in [0.25, 0.3) is 0 Å². The van der Waals surface area contributed by atoms with Crippen LogP contribution in [0, 0.1) is 11.3 Å². The monoisotopic (exact) mass is 161 g/mol. The van der Waals surface area contributed by atoms with Crippen molar-refractivity contribution in [1.82, 2.24) is 4.98 Å². The summed E-state index contributed by atoms with van der Waals surface area (Å²) >= 11 is 0. The molecule has 1 N–H and O–H groups in total. The maximum Gasteiger partial charge on any atom is 0.140 e. The molecule has 0 bridgehead atoms. The molecule has 0 atom stereocenters. The van der Waals surface area contributed by atoms with Gasteiger partial charge in [0, 0.05) is 6.54 Å². The highest BCUT2D eigenvalue weighted by Crippen LogP contribution is 2.04. The van der Waals surface area contributed by atoms with Crippen LogP contribution in [0.4, 0.5) is 5.69 Å². The van der Waals surface area contributed by atoms with Crippen molar-refractivity contribution in [1.29, 1.82) is 5.26 Å². The second-order valence-corrected chi connectivity index (χ2v) is 2.47. The van der Waals surface area contributed by atoms with Crippen molar-refractivity contribution in [3.63, 3.8) is 0 Å². The van der Waals surface area contributed by atoms with E-state index in [1.807, 2.05) is 12.1 Å². The van der Waals surface area contributed by atoms with Crippen molar-refractivity contribution >= 4 is 5.69 Å². The van der Waals surface area contributed by atoms with Crippen LogP contribution in [0.3, 0.4) is 0 Å². The number of nitriles is 1. The van der Waals surface area contributed by atoms with Gasteiger partial charge in [0.05, 0.1) is 11.9 Å². The average Bonchev–Trinajstić information content (AvgIpc) is 2.15. The van der Waals surface area contributed by atoms with Crippen LogP contribution in [0.15, 0.2) is 18.3 Å². The first-order chi connectivity index (χ1) is 5.86. The van der Waals surface area contributed by atoms with Gasteiger partial charge in [-0.05, 0) is 18.6 Å². The van der Waals surface area contributed by atoms with Gasteiger partial charge in [-0.3, -0.25) is 0 Å². The number of aromatic nitrogens is 1. The van der Waals surface area contributed by atoms with Gasteiger partial charge in [-0.25, -0.2) is 4.98 Å². The van der Waals surface area contributed by atoms with E-state index in [1.165, 1.54) is 0 Å². The first-order valence-electron chi connectivity index (χ1n) is 3.97. The minimum atomic E-state index is 0.456. The lowest BCUT2D eigenvalue weighted by Crippen LogP contribution is -1.99. The van der Waals surface area contributed by atoms with Crippen LogP contribution in [0.1, 0.15) is 19.0 Å². The standard InChI is InChI=1S/C9H11N3/c1-2-5-11-9-4-3-8(6-10)12-7-9/h3-4,7,11H,2,5H2,1H3. The third-order valence-electron chi connectivity index (χ3n) is 1.46. The fraction of sp³-hybridized carbons (Fsp3) is 0.333. The molecule has 3 nitrogen and oxygen atoms in total. The number of anilines is 1. The lowest BCUT2D eigenvalue weighted by atomic mass is 10.3. The normalized spacial score (nSPS) is 9.00. The second kappa shape index (κ2) is 4.35. The molecule has 1 heterocycles. The zero-order valence-electron chi connectivity index (χ0n) is 7.04. The molecule has 0 unspecified atom stereocenters. The minimum absolute atomic E-state index is 0.456. The van der Waals surface area contributed by atoms with E-state index in [0.29, 0.717) is 5.69 Å². The van der Waals surface area contributed by atoms with Gasteiger partial charge < -0.3 is 5.32 Å². The Morgan fingerprint density at radius 3 is 2.92 bits per heavy atom. The fourth-order valence-corrected chi connectivity index (χ4v) is 0.834. The van der Waals surface area contributed by atoms with E-state index in [4.69, 9.17) is 5.26 Å². The zero-order valence-corrected chi connectivity index (χ0v) is 7.04. The lowest BCUT2D eigenvalue weighted by Gasteiger charge is -2.02. The summed E-state index contributed by atoms with van der Waals surface area (Å²) in [6.07, 6.45) is 2.76. The fourth-order valence-electron chi connectivity index (χ4n) is 0.834. The molecule has 62 valence electrons. The summed E-state index contributed by atoms with van der Waals surface area (Å²) in [7, 11) is 0. The topological polar surface area (TPSA) is 48.7 Å². The summed E-state index contributed by atoms with van der Waals surface area (Å²) in [6, 6.07) is 5.54. The van der Waals surface area contributed by atoms with E-state index in [-0.39, 0.29) is 0 Å². The smallest absolute Gasteiger partial charge is 0.140 e. The minimum Gasteiger partial charge on any atom is -0.384 e. The van der Waals surface area contributed by atoms with Gasteiger partial charge >= 0.3 is 0 Å². The van der Waals surface area contributed by atoms with Crippen molar-refractivity contribution in [2.45, 2.75) is 13.3 Å². The summed E-state index contributed by atoms with van der Waals surface area (Å²) in [5.74, 6) is 0. The molecule has 3 heteroatoms. The van der Waals surface area contributed by atoms with Crippen molar-refractivity contribution in [2.75, 3.05) is 11.9 Å². The number of nitrogens with zero attached hydrogens (tertiary/aromatic N) is 2. The first-order valence-corrected chi connectivity index (χ1v) is 3.97. The molecule has 1 aromatic rings. The second-order valence-electron chi connectivity index (χ2n) is 2.47. The van der Waals surface area contributed by atoms with Crippen LogP contribution >= 0.6 is 0 Å². The Morgan fingerprint density at radius 2 is 2.42 bits per heavy atom. The molecule has 0 aliphatic carbocycles. The quantitative estimate of drug-likeness (QED) is 0.735. The van der Waals surface area contributed by atoms with Gasteiger partial charge in [0.25, 0.3) is 0 Å². The average molecular weight is 161 g/mol. The summed E-state index contributed by atoms with van der Waals surface area (Å²) in [6.45, 7) is 3.04. The van der Waals surface area contributed by atoms with Crippen LogP contribution < -0.4 is 5.32 Å². The third-order valence-corrected chi connectivity index (χ3v) is 1.46. The van der Waals surface area contributed by atoms with E-state index < -0.39 is 0 Å². The van der Waals surface area contributed by atoms with Gasteiger partial charge in [0.2, 0.25) is 0 Å². The number of nitrogens with one attached hydrogen (secondary N) is 1. The number of rotatable bonds is 3. The van der Waals surface area contributed by atoms with Crippen LogP contribution in [0.5, 0.6) is 0 Å². The molecule has 0 aliphatic heterocycles. The Labute approximate surface area is 72.1 Å². The summed E-state index contributed by atoms with van der Waals surface area (Å²) in [5, 5.41) is 11.6. The Hall–Kier alpha value is -1.56. The third kappa shape index (κ3) is 2.24. The predicted octanol–water partition coefficient (Wildman–Crippen LogP) is 1.78. The lowest BCUT2D eigenvalue weighted by molar-refractivity contribution is 0.977. The van der Waals surface area contributed by atoms with Gasteiger partial charge in [-0.1, -0.05) is 6.92 Å². The molecule has 1 aromatic heterocycles. The van der Waals surface area contributed by atoms with E-state index >= 15 is 0 Å². The van der Waals surface area contributed by atoms with E-state index in [9.17, 15) is 0 Å². The maximum absolute atomic E-state index is 8.47. The zero-order chi connectivity index (χ0) is 8.81. The molecule has 0 saturated carbocycles. The van der Waals surface area contributed by atoms with Gasteiger partial charge in [-0.15, -0.1) is 0 Å². The van der Waals surface area contributed by atoms with Crippen molar-refractivity contribution in [3.05, 3.63) is 24.0 Å². The molecule has 0 radical (unpaired) electrons. The highest BCUT2D eigenvalue weighted by Gasteiger charge is 1.91. The summed E-state index contributed by atoms with van der Waals surface area (Å²) < 4.78 is 0. The van der Waals surface area contributed by atoms with E-state index in [1.54, 1.807) is 12.3 Å². The van der Waals surface area contributed by atoms with Crippen LogP contribution in [-0.4, -0.2) is 11.5 Å². The molecule has 12 heavy (non-hydrogen) atoms. The van der Waals surface area contributed by atoms with Crippen molar-refractivity contribution < 1.29 is 0 Å². The highest BCUT2D eigenvalue weighted by molar-refractivity contribution is 5.42. The predicted molar refractivity (Wildman–Crippen MR) is 47.7 cm³/mol. The van der Waals surface area contributed by atoms with E-state index in [2.05, 4.69) is 17.2 Å². The summed E-state index contributed by atoms with van der Waals surface area (Å²) in [5.41, 5.74) is 1.42. The SMILES string of the molecule is CCCNc1ccc(C#N)nc1. The van der Waals surface area contributed by atoms with Gasteiger partial charge in [0.1, 0.15) is 11.8 Å². The highest BCUT2D eigenvalue weighted by atomic mass is 14.9. The molecular formula is C9H11N3. The number of hydrogen-bond donors (Lipinski definition) is 1. The van der Waals surface area contributed by atoms with Gasteiger partial charge in [0.15, 0.2) is 0 Å². The van der Waals surface area contributed by atoms with Crippen LogP contribution in [-0.2, 0) is 0 Å². The molecule has 0 spiro atoms.